The van der Waals surface area contributed by atoms with Crippen LogP contribution in [0.4, 0.5) is 0 Å². The highest BCUT2D eigenvalue weighted by Crippen LogP contribution is 2.24. The van der Waals surface area contributed by atoms with Gasteiger partial charge in [0, 0.05) is 12.1 Å². The summed E-state index contributed by atoms with van der Waals surface area (Å²) in [7, 11) is 0. The first kappa shape index (κ1) is 13.2. The second-order valence-corrected chi connectivity index (χ2v) is 5.07. The van der Waals surface area contributed by atoms with E-state index in [9.17, 15) is 4.79 Å². The number of carboxylic acids is 1. The van der Waals surface area contributed by atoms with E-state index in [2.05, 4.69) is 18.7 Å². The van der Waals surface area contributed by atoms with Crippen molar-refractivity contribution in [3.63, 3.8) is 0 Å². The normalized spacial score (nSPS) is 20.4. The summed E-state index contributed by atoms with van der Waals surface area (Å²) in [5.41, 5.74) is 0.450. The lowest BCUT2D eigenvalue weighted by atomic mass is 9.87. The molecule has 0 radical (unpaired) electrons. The van der Waals surface area contributed by atoms with Crippen LogP contribution in [0.5, 0.6) is 0 Å². The highest BCUT2D eigenvalue weighted by atomic mass is 16.4. The van der Waals surface area contributed by atoms with Gasteiger partial charge in [-0.2, -0.15) is 0 Å². The minimum Gasteiger partial charge on any atom is -0.478 e. The molecule has 0 aromatic rings. The van der Waals surface area contributed by atoms with Crippen molar-refractivity contribution in [2.24, 2.45) is 11.8 Å². The first-order valence-electron chi connectivity index (χ1n) is 6.13. The molecule has 0 amide bonds. The average Bonchev–Trinajstić information content (AvgIpc) is 2.26. The maximum Gasteiger partial charge on any atom is 0.330 e. The van der Waals surface area contributed by atoms with Crippen LogP contribution in [0, 0.1) is 11.8 Å². The van der Waals surface area contributed by atoms with Gasteiger partial charge in [0.25, 0.3) is 0 Å². The van der Waals surface area contributed by atoms with Gasteiger partial charge in [-0.25, -0.2) is 4.79 Å². The third kappa shape index (κ3) is 3.97. The van der Waals surface area contributed by atoms with Crippen LogP contribution in [-0.2, 0) is 4.79 Å². The van der Waals surface area contributed by atoms with Gasteiger partial charge in [0.15, 0.2) is 0 Å². The summed E-state index contributed by atoms with van der Waals surface area (Å²) in [6.45, 7) is 9.22. The zero-order valence-corrected chi connectivity index (χ0v) is 10.6. The minimum atomic E-state index is -0.808. The van der Waals surface area contributed by atoms with Gasteiger partial charge in [-0.1, -0.05) is 19.9 Å². The van der Waals surface area contributed by atoms with Crippen LogP contribution in [0.2, 0.25) is 0 Å². The van der Waals surface area contributed by atoms with Crippen LogP contribution in [0.3, 0.4) is 0 Å². The molecule has 1 N–H and O–H groups in total. The third-order valence-corrected chi connectivity index (χ3v) is 3.57. The van der Waals surface area contributed by atoms with Gasteiger partial charge in [0.1, 0.15) is 0 Å². The molecule has 0 unspecified atom stereocenters. The molecule has 92 valence electrons. The molecule has 0 spiro atoms. The lowest BCUT2D eigenvalue weighted by Gasteiger charge is -2.33. The number of piperidine rings is 1. The predicted octanol–water partition coefficient (Wildman–Crippen LogP) is 2.39. The molecule has 0 bridgehead atoms. The maximum absolute atomic E-state index is 10.6. The van der Waals surface area contributed by atoms with E-state index in [-0.39, 0.29) is 0 Å². The van der Waals surface area contributed by atoms with Crippen molar-refractivity contribution in [2.45, 2.75) is 33.6 Å². The number of hydrogen-bond acceptors (Lipinski definition) is 2. The summed E-state index contributed by atoms with van der Waals surface area (Å²) in [4.78, 5) is 13.0. The van der Waals surface area contributed by atoms with E-state index in [1.165, 1.54) is 12.8 Å². The van der Waals surface area contributed by atoms with Gasteiger partial charge in [-0.3, -0.25) is 4.90 Å². The molecule has 1 heterocycles. The molecular weight excluding hydrogens is 202 g/mol. The van der Waals surface area contributed by atoms with Gasteiger partial charge in [-0.05, 0) is 44.7 Å². The summed E-state index contributed by atoms with van der Waals surface area (Å²) in [6, 6.07) is 0. The molecule has 1 fully saturated rings. The SMILES string of the molecule is C/C(=C/CN1CCC(C(C)C)CC1)C(=O)O. The van der Waals surface area contributed by atoms with Crippen LogP contribution in [0.15, 0.2) is 11.6 Å². The number of rotatable bonds is 4. The zero-order valence-electron chi connectivity index (χ0n) is 10.6. The highest BCUT2D eigenvalue weighted by Gasteiger charge is 2.20. The van der Waals surface area contributed by atoms with Crippen molar-refractivity contribution in [1.82, 2.24) is 4.90 Å². The smallest absolute Gasteiger partial charge is 0.330 e. The fourth-order valence-corrected chi connectivity index (χ4v) is 2.16. The number of nitrogens with zero attached hydrogens (tertiary/aromatic N) is 1. The van der Waals surface area contributed by atoms with Crippen molar-refractivity contribution in [2.75, 3.05) is 19.6 Å². The topological polar surface area (TPSA) is 40.5 Å². The molecule has 1 aliphatic heterocycles. The molecule has 3 nitrogen and oxygen atoms in total. The number of likely N-dealkylation sites (tertiary alicyclic amines) is 1. The van der Waals surface area contributed by atoms with Crippen LogP contribution in [0.1, 0.15) is 33.6 Å². The van der Waals surface area contributed by atoms with Crippen molar-refractivity contribution < 1.29 is 9.90 Å². The molecule has 1 rings (SSSR count). The summed E-state index contributed by atoms with van der Waals surface area (Å²) in [6.07, 6.45) is 4.31. The van der Waals surface area contributed by atoms with E-state index in [0.29, 0.717) is 5.57 Å². The van der Waals surface area contributed by atoms with Gasteiger partial charge in [0.2, 0.25) is 0 Å². The third-order valence-electron chi connectivity index (χ3n) is 3.57. The van der Waals surface area contributed by atoms with Crippen molar-refractivity contribution in [1.29, 1.82) is 0 Å². The molecule has 0 saturated carbocycles. The van der Waals surface area contributed by atoms with E-state index >= 15 is 0 Å². The van der Waals surface area contributed by atoms with Crippen LogP contribution in [-0.4, -0.2) is 35.6 Å². The van der Waals surface area contributed by atoms with Crippen molar-refractivity contribution in [3.8, 4) is 0 Å². The zero-order chi connectivity index (χ0) is 12.1. The molecule has 1 aliphatic rings. The van der Waals surface area contributed by atoms with E-state index in [4.69, 9.17) is 5.11 Å². The molecule has 0 atom stereocenters. The second-order valence-electron chi connectivity index (χ2n) is 5.07. The first-order valence-corrected chi connectivity index (χ1v) is 6.13. The Kier molecular flexibility index (Phi) is 5.00. The Labute approximate surface area is 98.1 Å². The Bertz CT molecular complexity index is 263. The quantitative estimate of drug-likeness (QED) is 0.747. The molecule has 0 aromatic carbocycles. The van der Waals surface area contributed by atoms with E-state index in [1.807, 2.05) is 6.08 Å². The van der Waals surface area contributed by atoms with E-state index < -0.39 is 5.97 Å². The van der Waals surface area contributed by atoms with E-state index in [1.54, 1.807) is 6.92 Å². The lowest BCUT2D eigenvalue weighted by Crippen LogP contribution is -2.35. The Morgan fingerprint density at radius 2 is 2.00 bits per heavy atom. The molecule has 3 heteroatoms. The van der Waals surface area contributed by atoms with Crippen LogP contribution >= 0.6 is 0 Å². The maximum atomic E-state index is 10.6. The summed E-state index contributed by atoms with van der Waals surface area (Å²) < 4.78 is 0. The average molecular weight is 225 g/mol. The van der Waals surface area contributed by atoms with Crippen LogP contribution in [0.25, 0.3) is 0 Å². The molecule has 16 heavy (non-hydrogen) atoms. The largest absolute Gasteiger partial charge is 0.478 e. The standard InChI is InChI=1S/C13H23NO2/c1-10(2)12-5-8-14(9-6-12)7-4-11(3)13(15)16/h4,10,12H,5-9H2,1-3H3,(H,15,16)/b11-4-. The Hall–Kier alpha value is -0.830. The molecule has 0 aromatic heterocycles. The van der Waals surface area contributed by atoms with Crippen molar-refractivity contribution in [3.05, 3.63) is 11.6 Å². The number of carbonyl (C=O) groups is 1. The Morgan fingerprint density at radius 3 is 2.44 bits per heavy atom. The van der Waals surface area contributed by atoms with Crippen LogP contribution < -0.4 is 0 Å². The summed E-state index contributed by atoms with van der Waals surface area (Å²) >= 11 is 0. The van der Waals surface area contributed by atoms with Crippen molar-refractivity contribution >= 4 is 5.97 Å². The summed E-state index contributed by atoms with van der Waals surface area (Å²) in [5.74, 6) is 0.816. The molecule has 0 aliphatic carbocycles. The number of hydrogen-bond donors (Lipinski definition) is 1. The fourth-order valence-electron chi connectivity index (χ4n) is 2.16. The van der Waals surface area contributed by atoms with Gasteiger partial charge >= 0.3 is 5.97 Å². The Balaban J connectivity index is 2.32. The van der Waals surface area contributed by atoms with E-state index in [0.717, 1.165) is 31.5 Å². The predicted molar refractivity (Wildman–Crippen MR) is 65.4 cm³/mol. The Morgan fingerprint density at radius 1 is 1.44 bits per heavy atom. The monoisotopic (exact) mass is 225 g/mol. The number of carboxylic acid groups (broad SMARTS) is 1. The lowest BCUT2D eigenvalue weighted by molar-refractivity contribution is -0.132. The molecule has 1 saturated heterocycles. The van der Waals surface area contributed by atoms with Gasteiger partial charge < -0.3 is 5.11 Å². The number of aliphatic carboxylic acids is 1. The summed E-state index contributed by atoms with van der Waals surface area (Å²) in [5, 5.41) is 8.74. The molecular formula is C13H23NO2. The second kappa shape index (κ2) is 6.04. The first-order chi connectivity index (χ1) is 7.50. The minimum absolute atomic E-state index is 0.450. The van der Waals surface area contributed by atoms with Gasteiger partial charge in [0.05, 0.1) is 0 Å². The van der Waals surface area contributed by atoms with Gasteiger partial charge in [-0.15, -0.1) is 0 Å². The highest BCUT2D eigenvalue weighted by molar-refractivity contribution is 5.85. The fraction of sp³-hybridized carbons (Fsp3) is 0.769.